The van der Waals surface area contributed by atoms with Crippen molar-refractivity contribution in [1.29, 1.82) is 0 Å². The van der Waals surface area contributed by atoms with Gasteiger partial charge in [-0.1, -0.05) is 86.3 Å². The van der Waals surface area contributed by atoms with Crippen LogP contribution in [0.25, 0.3) is 9.75 Å². The fourth-order valence-corrected chi connectivity index (χ4v) is 10.9. The molecule has 56 heavy (non-hydrogen) atoms. The van der Waals surface area contributed by atoms with Crippen molar-refractivity contribution in [3.63, 3.8) is 0 Å². The number of thiophene rings is 2. The Morgan fingerprint density at radius 1 is 0.607 bits per heavy atom. The number of nitrogens with zero attached hydrogens (tertiary/aromatic N) is 2. The number of carbonyl (C=O) groups excluding carboxylic acids is 6. The zero-order chi connectivity index (χ0) is 38.6. The maximum atomic E-state index is 14.6. The van der Waals surface area contributed by atoms with Gasteiger partial charge in [-0.25, -0.2) is 19.6 Å². The molecule has 2 aromatic heterocycles. The van der Waals surface area contributed by atoms with Crippen molar-refractivity contribution in [2.24, 2.45) is 33.7 Å². The molecule has 5 aliphatic rings. The zero-order valence-electron chi connectivity index (χ0n) is 30.2. The van der Waals surface area contributed by atoms with E-state index in [0.29, 0.717) is 46.6 Å². The lowest BCUT2D eigenvalue weighted by Gasteiger charge is -2.33. The van der Waals surface area contributed by atoms with Gasteiger partial charge in [-0.15, -0.1) is 22.7 Å². The van der Waals surface area contributed by atoms with E-state index < -0.39 is 29.4 Å². The standard InChI is InChI=1S/C43H36N2O9S2/c46-35-25-15-7-8-16-26(25)36(47)33(35)44-31-19-29-39(55-31)40-30(20-32(56-40)45-34-37(48)27-17-9-10-18-28(27)38(34)49)54-43(29,41(50)52-21-23-11-3-1-4-12-23)42(51)53-22-24-13-5-2-6-14-24/h1-6,11-14,19-20,25-28H,7-10,15-18,21-22H2. The number of fused-ring (bicyclic) bond motifs is 5. The van der Waals surface area contributed by atoms with E-state index in [9.17, 15) is 28.8 Å². The van der Waals surface area contributed by atoms with Gasteiger partial charge in [0.25, 0.3) is 0 Å². The minimum Gasteiger partial charge on any atom is -0.458 e. The Morgan fingerprint density at radius 3 is 1.46 bits per heavy atom. The number of carbonyl (C=O) groups is 6. The van der Waals surface area contributed by atoms with E-state index in [1.54, 1.807) is 48.5 Å². The summed E-state index contributed by atoms with van der Waals surface area (Å²) < 4.78 is 18.2. The molecule has 0 N–H and O–H groups in total. The van der Waals surface area contributed by atoms with Gasteiger partial charge in [0.05, 0.1) is 9.75 Å². The number of hydrogen-bond donors (Lipinski definition) is 0. The summed E-state index contributed by atoms with van der Waals surface area (Å²) in [5.41, 5.74) is -1.33. The van der Waals surface area contributed by atoms with Crippen molar-refractivity contribution in [1.82, 2.24) is 0 Å². The first kappa shape index (κ1) is 36.3. The van der Waals surface area contributed by atoms with Crippen LogP contribution in [0.2, 0.25) is 0 Å². The zero-order valence-corrected chi connectivity index (χ0v) is 31.8. The molecule has 4 aliphatic carbocycles. The topological polar surface area (TPSA) is 155 Å². The number of Topliss-reactive ketones (excluding diaryl/α,β-unsaturated/α-hetero) is 4. The normalized spacial score (nSPS) is 23.4. The number of benzene rings is 2. The number of ketones is 4. The van der Waals surface area contributed by atoms with Crippen molar-refractivity contribution in [3.8, 4) is 15.5 Å². The van der Waals surface area contributed by atoms with Crippen LogP contribution in [0.5, 0.6) is 5.75 Å². The van der Waals surface area contributed by atoms with E-state index in [2.05, 4.69) is 9.98 Å². The fourth-order valence-electron chi connectivity index (χ4n) is 8.67. The van der Waals surface area contributed by atoms with Crippen LogP contribution < -0.4 is 4.74 Å². The van der Waals surface area contributed by atoms with Gasteiger partial charge < -0.3 is 14.2 Å². The van der Waals surface area contributed by atoms with Crippen molar-refractivity contribution in [3.05, 3.63) is 89.5 Å². The Labute approximate surface area is 329 Å². The molecule has 0 amide bonds. The molecule has 13 heteroatoms. The first-order chi connectivity index (χ1) is 27.2. The Bertz CT molecular complexity index is 2250. The quantitative estimate of drug-likeness (QED) is 0.130. The van der Waals surface area contributed by atoms with Crippen molar-refractivity contribution >= 4 is 79.2 Å². The molecule has 0 bridgehead atoms. The number of rotatable bonds is 8. The average Bonchev–Trinajstić information content (AvgIpc) is 3.97. The van der Waals surface area contributed by atoms with E-state index in [0.717, 1.165) is 48.4 Å². The van der Waals surface area contributed by atoms with Crippen LogP contribution in [0, 0.1) is 23.7 Å². The smallest absolute Gasteiger partial charge is 0.367 e. The van der Waals surface area contributed by atoms with Gasteiger partial charge in [0, 0.05) is 35.3 Å². The first-order valence-corrected chi connectivity index (χ1v) is 20.6. The van der Waals surface area contributed by atoms with Gasteiger partial charge in [-0.05, 0) is 42.9 Å². The summed E-state index contributed by atoms with van der Waals surface area (Å²) >= 11 is 2.21. The van der Waals surface area contributed by atoms with Crippen LogP contribution in [0.3, 0.4) is 0 Å². The molecule has 4 saturated carbocycles. The first-order valence-electron chi connectivity index (χ1n) is 19.0. The molecule has 1 aliphatic heterocycles. The minimum atomic E-state index is -2.50. The third kappa shape index (κ3) is 6.17. The van der Waals surface area contributed by atoms with Gasteiger partial charge in [0.1, 0.15) is 29.0 Å². The van der Waals surface area contributed by atoms with E-state index in [1.165, 1.54) is 12.1 Å². The second-order valence-corrected chi connectivity index (χ2v) is 16.9. The predicted octanol–water partition coefficient (Wildman–Crippen LogP) is 7.61. The summed E-state index contributed by atoms with van der Waals surface area (Å²) in [5, 5.41) is 0.485. The maximum absolute atomic E-state index is 14.6. The van der Waals surface area contributed by atoms with Crippen LogP contribution in [-0.4, -0.2) is 46.5 Å². The highest BCUT2D eigenvalue weighted by molar-refractivity contribution is 7.26. The summed E-state index contributed by atoms with van der Waals surface area (Å²) in [6.45, 7) is -0.363. The predicted molar refractivity (Wildman–Crippen MR) is 208 cm³/mol. The molecule has 0 radical (unpaired) electrons. The van der Waals surface area contributed by atoms with Crippen LogP contribution in [0.1, 0.15) is 68.1 Å². The lowest BCUT2D eigenvalue weighted by atomic mass is 9.81. The Kier molecular flexibility index (Phi) is 9.45. The van der Waals surface area contributed by atoms with Gasteiger partial charge in [0.15, 0.2) is 34.6 Å². The monoisotopic (exact) mass is 788 g/mol. The lowest BCUT2D eigenvalue weighted by molar-refractivity contribution is -0.183. The number of ether oxygens (including phenoxy) is 3. The number of esters is 2. The summed E-state index contributed by atoms with van der Waals surface area (Å²) in [7, 11) is 0. The van der Waals surface area contributed by atoms with Gasteiger partial charge in [-0.3, -0.25) is 19.2 Å². The largest absolute Gasteiger partial charge is 0.458 e. The molecule has 4 fully saturated rings. The maximum Gasteiger partial charge on any atom is 0.367 e. The molecule has 3 heterocycles. The molecular formula is C43H36N2O9S2. The van der Waals surface area contributed by atoms with E-state index in [4.69, 9.17) is 14.2 Å². The molecule has 0 saturated heterocycles. The van der Waals surface area contributed by atoms with Crippen LogP contribution >= 0.6 is 22.7 Å². The lowest BCUT2D eigenvalue weighted by Crippen LogP contribution is -2.51. The second kappa shape index (κ2) is 14.6. The molecule has 4 aromatic rings. The molecule has 0 spiro atoms. The average molecular weight is 789 g/mol. The van der Waals surface area contributed by atoms with E-state index in [1.807, 2.05) is 12.1 Å². The molecule has 9 rings (SSSR count). The Morgan fingerprint density at radius 2 is 1.02 bits per heavy atom. The van der Waals surface area contributed by atoms with Gasteiger partial charge in [0.2, 0.25) is 0 Å². The van der Waals surface area contributed by atoms with Crippen LogP contribution in [0.4, 0.5) is 10.0 Å². The third-order valence-electron chi connectivity index (χ3n) is 11.5. The number of hydrogen-bond acceptors (Lipinski definition) is 13. The van der Waals surface area contributed by atoms with Gasteiger partial charge in [-0.2, -0.15) is 0 Å². The molecule has 4 unspecified atom stereocenters. The summed E-state index contributed by atoms with van der Waals surface area (Å²) in [5.74, 6) is -4.67. The van der Waals surface area contributed by atoms with E-state index >= 15 is 0 Å². The molecular weight excluding hydrogens is 753 g/mol. The highest BCUT2D eigenvalue weighted by Gasteiger charge is 2.59. The summed E-state index contributed by atoms with van der Waals surface area (Å²) in [6, 6.07) is 20.9. The molecule has 4 atom stereocenters. The molecule has 2 aromatic carbocycles. The van der Waals surface area contributed by atoms with Crippen molar-refractivity contribution in [2.45, 2.75) is 70.2 Å². The Hall–Kier alpha value is -5.40. The molecule has 11 nitrogen and oxygen atoms in total. The van der Waals surface area contributed by atoms with E-state index in [-0.39, 0.29) is 80.9 Å². The fraction of sp³-hybridized carbons (Fsp3) is 0.349. The summed E-state index contributed by atoms with van der Waals surface area (Å²) in [6.07, 6.45) is 6.03. The Balaban J connectivity index is 1.16. The van der Waals surface area contributed by atoms with Crippen molar-refractivity contribution < 1.29 is 43.0 Å². The highest BCUT2D eigenvalue weighted by atomic mass is 32.1. The highest BCUT2D eigenvalue weighted by Crippen LogP contribution is 2.57. The minimum absolute atomic E-state index is 0.0703. The number of aliphatic imine (C=N–C) groups is 2. The van der Waals surface area contributed by atoms with Crippen molar-refractivity contribution in [2.75, 3.05) is 0 Å². The summed E-state index contributed by atoms with van der Waals surface area (Å²) in [4.78, 5) is 93.0. The van der Waals surface area contributed by atoms with Crippen LogP contribution in [-0.2, 0) is 57.1 Å². The van der Waals surface area contributed by atoms with Gasteiger partial charge >= 0.3 is 17.5 Å². The molecule has 284 valence electrons. The SMILES string of the molecule is O=C1C(=Nc2cc3c(s2)-c2sc(N=C4C(=O)C5CCCCC5C4=O)cc2C(C(=O)OCc2ccccc2)(C(=O)OCc2ccccc2)O3)C(=O)C2CCCCC12. The second-order valence-electron chi connectivity index (χ2n) is 14.9. The van der Waals surface area contributed by atoms with Crippen LogP contribution in [0.15, 0.2) is 82.8 Å². The third-order valence-corrected chi connectivity index (χ3v) is 13.7.